The van der Waals surface area contributed by atoms with E-state index >= 15 is 0 Å². The lowest BCUT2D eigenvalue weighted by Gasteiger charge is -2.35. The number of benzene rings is 6. The van der Waals surface area contributed by atoms with Crippen molar-refractivity contribution in [1.29, 1.82) is 0 Å². The molecule has 0 aliphatic carbocycles. The zero-order valence-corrected chi connectivity index (χ0v) is 27.4. The third-order valence-electron chi connectivity index (χ3n) is 10.2. The van der Waals surface area contributed by atoms with Crippen LogP contribution in [0.2, 0.25) is 26.2 Å². The SMILES string of the molecule is Cc1ccc(-c2ccc3c(c2)[Si](C)(C)c2cc4c5c(cccc5c2-3)[Si](C)(C)c2cc(-c3ccc(C)cc3)ccc2-4)cc1. The molecule has 2 aliphatic heterocycles. The van der Waals surface area contributed by atoms with Crippen molar-refractivity contribution in [3.8, 4) is 44.5 Å². The molecule has 0 aromatic heterocycles. The highest BCUT2D eigenvalue weighted by Gasteiger charge is 2.42. The van der Waals surface area contributed by atoms with E-state index in [1.165, 1.54) is 66.4 Å². The van der Waals surface area contributed by atoms with Crippen LogP contribution in [0, 0.1) is 13.8 Å². The van der Waals surface area contributed by atoms with Gasteiger partial charge in [0.25, 0.3) is 0 Å². The summed E-state index contributed by atoms with van der Waals surface area (Å²) in [5.41, 5.74) is 13.7. The minimum Gasteiger partial charge on any atom is -0.0619 e. The van der Waals surface area contributed by atoms with Gasteiger partial charge in [-0.25, -0.2) is 0 Å². The third-order valence-corrected chi connectivity index (χ3v) is 17.2. The van der Waals surface area contributed by atoms with Gasteiger partial charge in [0, 0.05) is 0 Å². The molecule has 2 aliphatic rings. The predicted octanol–water partition coefficient (Wildman–Crippen LogP) is 8.40. The van der Waals surface area contributed by atoms with Gasteiger partial charge in [-0.3, -0.25) is 0 Å². The van der Waals surface area contributed by atoms with Crippen LogP contribution in [-0.4, -0.2) is 16.1 Å². The maximum atomic E-state index is 2.62. The monoisotopic (exact) mass is 572 g/mol. The molecule has 0 nitrogen and oxygen atoms in total. The summed E-state index contributed by atoms with van der Waals surface area (Å²) in [4.78, 5) is 0. The topological polar surface area (TPSA) is 0 Å². The molecule has 8 rings (SSSR count). The number of hydrogen-bond acceptors (Lipinski definition) is 0. The van der Waals surface area contributed by atoms with Gasteiger partial charge in [-0.05, 0) is 89.9 Å². The highest BCUT2D eigenvalue weighted by Crippen LogP contribution is 2.42. The third kappa shape index (κ3) is 3.52. The highest BCUT2D eigenvalue weighted by molar-refractivity contribution is 7.05. The molecule has 42 heavy (non-hydrogen) atoms. The van der Waals surface area contributed by atoms with Crippen molar-refractivity contribution in [2.24, 2.45) is 0 Å². The molecule has 0 amide bonds. The molecule has 0 bridgehead atoms. The van der Waals surface area contributed by atoms with Gasteiger partial charge in [-0.2, -0.15) is 0 Å². The van der Waals surface area contributed by atoms with E-state index in [-0.39, 0.29) is 0 Å². The molecule has 0 unspecified atom stereocenters. The average Bonchev–Trinajstić information content (AvgIpc) is 3.22. The Labute approximate surface area is 251 Å². The highest BCUT2D eigenvalue weighted by atomic mass is 28.3. The van der Waals surface area contributed by atoms with Crippen molar-refractivity contribution in [3.05, 3.63) is 120 Å². The first kappa shape index (κ1) is 25.7. The molecule has 0 radical (unpaired) electrons. The number of rotatable bonds is 2. The first-order chi connectivity index (χ1) is 20.1. The fraction of sp³-hybridized carbons (Fsp3) is 0.150. The van der Waals surface area contributed by atoms with Gasteiger partial charge >= 0.3 is 0 Å². The first-order valence-electron chi connectivity index (χ1n) is 15.2. The zero-order valence-electron chi connectivity index (χ0n) is 25.4. The molecule has 6 aromatic carbocycles. The molecule has 0 N–H and O–H groups in total. The van der Waals surface area contributed by atoms with Crippen molar-refractivity contribution in [3.63, 3.8) is 0 Å². The molecule has 2 heterocycles. The lowest BCUT2D eigenvalue weighted by atomic mass is 9.90. The number of fused-ring (bicyclic) bond motifs is 6. The summed E-state index contributed by atoms with van der Waals surface area (Å²) >= 11 is 0. The summed E-state index contributed by atoms with van der Waals surface area (Å²) in [6.07, 6.45) is 0. The lowest BCUT2D eigenvalue weighted by molar-refractivity contribution is 1.47. The van der Waals surface area contributed by atoms with Crippen LogP contribution in [0.5, 0.6) is 0 Å². The van der Waals surface area contributed by atoms with Crippen molar-refractivity contribution >= 4 is 47.7 Å². The molecule has 2 heteroatoms. The van der Waals surface area contributed by atoms with E-state index in [4.69, 9.17) is 0 Å². The Morgan fingerprint density at radius 1 is 0.405 bits per heavy atom. The molecule has 0 atom stereocenters. The van der Waals surface area contributed by atoms with E-state index in [9.17, 15) is 0 Å². The summed E-state index contributed by atoms with van der Waals surface area (Å²) in [5, 5.41) is 9.27. The zero-order chi connectivity index (χ0) is 29.0. The van der Waals surface area contributed by atoms with Crippen LogP contribution >= 0.6 is 0 Å². The maximum Gasteiger partial charge on any atom is 0.113 e. The first-order valence-corrected chi connectivity index (χ1v) is 21.2. The fourth-order valence-electron chi connectivity index (χ4n) is 7.72. The summed E-state index contributed by atoms with van der Waals surface area (Å²) in [6.45, 7) is 14.5. The predicted molar refractivity (Wildman–Crippen MR) is 189 cm³/mol. The van der Waals surface area contributed by atoms with Gasteiger partial charge < -0.3 is 0 Å². The van der Waals surface area contributed by atoms with Gasteiger partial charge in [0.2, 0.25) is 0 Å². The van der Waals surface area contributed by atoms with Gasteiger partial charge in [-0.1, -0.05) is 147 Å². The van der Waals surface area contributed by atoms with E-state index < -0.39 is 16.1 Å². The second-order valence-corrected chi connectivity index (χ2v) is 22.2. The molecule has 0 saturated carbocycles. The number of aryl methyl sites for hydroxylation is 2. The van der Waals surface area contributed by atoms with E-state index in [2.05, 4.69) is 149 Å². The van der Waals surface area contributed by atoms with Crippen LogP contribution in [0.15, 0.2) is 109 Å². The smallest absolute Gasteiger partial charge is 0.0619 e. The summed E-state index contributed by atoms with van der Waals surface area (Å²) in [7, 11) is -3.87. The molecule has 6 aromatic rings. The maximum absolute atomic E-state index is 2.62. The van der Waals surface area contributed by atoms with E-state index in [1.54, 1.807) is 20.7 Å². The summed E-state index contributed by atoms with van der Waals surface area (Å²) in [5.74, 6) is 0. The quantitative estimate of drug-likeness (QED) is 0.183. The Bertz CT molecular complexity index is 2080. The summed E-state index contributed by atoms with van der Waals surface area (Å²) in [6, 6.07) is 42.4. The van der Waals surface area contributed by atoms with Crippen LogP contribution in [0.1, 0.15) is 11.1 Å². The fourth-order valence-corrected chi connectivity index (χ4v) is 13.9. The van der Waals surface area contributed by atoms with Gasteiger partial charge in [0.15, 0.2) is 0 Å². The van der Waals surface area contributed by atoms with Gasteiger partial charge in [-0.15, -0.1) is 0 Å². The minimum atomic E-state index is -1.94. The van der Waals surface area contributed by atoms with E-state index in [0.717, 1.165) is 0 Å². The minimum absolute atomic E-state index is 1.31. The van der Waals surface area contributed by atoms with Crippen molar-refractivity contribution in [1.82, 2.24) is 0 Å². The molecule has 0 spiro atoms. The second-order valence-electron chi connectivity index (χ2n) is 13.6. The Kier molecular flexibility index (Phi) is 5.36. The number of hydrogen-bond donors (Lipinski definition) is 0. The van der Waals surface area contributed by atoms with Crippen molar-refractivity contribution in [2.45, 2.75) is 40.0 Å². The Balaban J connectivity index is 1.37. The Hall–Kier alpha value is -3.99. The van der Waals surface area contributed by atoms with E-state index in [1.807, 2.05) is 0 Å². The molecule has 204 valence electrons. The standard InChI is InChI=1S/C40H36Si2/c1-25-10-14-27(15-11-25)29-18-20-31-34-24-38-39(33-8-7-9-35(40(33)34)41(3,4)36(31)22-29)32-21-19-30(23-37(32)42(38,5)6)28-16-12-26(2)13-17-28/h7-24H,1-6H3. The van der Waals surface area contributed by atoms with Crippen LogP contribution in [-0.2, 0) is 0 Å². The van der Waals surface area contributed by atoms with Crippen LogP contribution in [0.4, 0.5) is 0 Å². The molecular formula is C40H36Si2. The van der Waals surface area contributed by atoms with Crippen LogP contribution < -0.4 is 20.7 Å². The van der Waals surface area contributed by atoms with Gasteiger partial charge in [0.1, 0.15) is 16.1 Å². The van der Waals surface area contributed by atoms with Gasteiger partial charge in [0.05, 0.1) is 0 Å². The average molecular weight is 573 g/mol. The van der Waals surface area contributed by atoms with Crippen LogP contribution in [0.3, 0.4) is 0 Å². The molecular weight excluding hydrogens is 537 g/mol. The van der Waals surface area contributed by atoms with Crippen LogP contribution in [0.25, 0.3) is 55.3 Å². The van der Waals surface area contributed by atoms with E-state index in [0.29, 0.717) is 0 Å². The molecule has 0 saturated heterocycles. The van der Waals surface area contributed by atoms with Crippen molar-refractivity contribution in [2.75, 3.05) is 0 Å². The normalized spacial score (nSPS) is 15.3. The largest absolute Gasteiger partial charge is 0.113 e. The second kappa shape index (κ2) is 8.76. The lowest BCUT2D eigenvalue weighted by Crippen LogP contribution is -2.56. The molecule has 0 fully saturated rings. The van der Waals surface area contributed by atoms with Crippen molar-refractivity contribution < 1.29 is 0 Å². The summed E-state index contributed by atoms with van der Waals surface area (Å²) < 4.78 is 0. The Morgan fingerprint density at radius 3 is 1.50 bits per heavy atom. The Morgan fingerprint density at radius 2 is 0.905 bits per heavy atom.